The van der Waals surface area contributed by atoms with Crippen molar-refractivity contribution in [2.24, 2.45) is 5.92 Å². The number of methoxy groups -OCH3 is 1. The highest BCUT2D eigenvalue weighted by Crippen LogP contribution is 2.29. The SMILES string of the molecule is CCC1CCCCC1OCC(O)C(C)(C)OC. The van der Waals surface area contributed by atoms with Crippen LogP contribution in [0, 0.1) is 5.92 Å². The second-order valence-electron chi connectivity index (χ2n) is 5.65. The van der Waals surface area contributed by atoms with Crippen molar-refractivity contribution in [2.45, 2.75) is 70.7 Å². The summed E-state index contributed by atoms with van der Waals surface area (Å²) in [5.74, 6) is 0.668. The maximum Gasteiger partial charge on any atom is 0.106 e. The highest BCUT2D eigenvalue weighted by atomic mass is 16.5. The molecule has 0 spiro atoms. The van der Waals surface area contributed by atoms with E-state index in [1.807, 2.05) is 13.8 Å². The van der Waals surface area contributed by atoms with Crippen LogP contribution in [-0.2, 0) is 9.47 Å². The van der Waals surface area contributed by atoms with Crippen molar-refractivity contribution in [1.82, 2.24) is 0 Å². The number of rotatable bonds is 6. The zero-order valence-corrected chi connectivity index (χ0v) is 11.7. The molecule has 1 aliphatic rings. The first-order valence-electron chi connectivity index (χ1n) is 6.86. The molecule has 3 unspecified atom stereocenters. The largest absolute Gasteiger partial charge is 0.388 e. The van der Waals surface area contributed by atoms with Crippen molar-refractivity contribution in [1.29, 1.82) is 0 Å². The monoisotopic (exact) mass is 244 g/mol. The number of hydrogen-bond donors (Lipinski definition) is 1. The van der Waals surface area contributed by atoms with Crippen LogP contribution in [0.3, 0.4) is 0 Å². The first kappa shape index (κ1) is 14.9. The maximum atomic E-state index is 10.0. The average molecular weight is 244 g/mol. The van der Waals surface area contributed by atoms with Crippen LogP contribution in [0.25, 0.3) is 0 Å². The first-order valence-corrected chi connectivity index (χ1v) is 6.86. The van der Waals surface area contributed by atoms with Gasteiger partial charge in [0.2, 0.25) is 0 Å². The van der Waals surface area contributed by atoms with E-state index in [0.29, 0.717) is 18.6 Å². The lowest BCUT2D eigenvalue weighted by Crippen LogP contribution is -2.43. The van der Waals surface area contributed by atoms with E-state index in [9.17, 15) is 5.11 Å². The summed E-state index contributed by atoms with van der Waals surface area (Å²) >= 11 is 0. The van der Waals surface area contributed by atoms with Gasteiger partial charge in [0.05, 0.1) is 18.3 Å². The van der Waals surface area contributed by atoms with Gasteiger partial charge in [-0.05, 0) is 32.6 Å². The van der Waals surface area contributed by atoms with Crippen LogP contribution in [0.4, 0.5) is 0 Å². The Bertz CT molecular complexity index is 216. The Morgan fingerprint density at radius 3 is 2.53 bits per heavy atom. The smallest absolute Gasteiger partial charge is 0.106 e. The van der Waals surface area contributed by atoms with Gasteiger partial charge in [-0.25, -0.2) is 0 Å². The van der Waals surface area contributed by atoms with Gasteiger partial charge in [0.25, 0.3) is 0 Å². The fourth-order valence-corrected chi connectivity index (χ4v) is 2.41. The molecule has 0 aromatic heterocycles. The van der Waals surface area contributed by atoms with E-state index >= 15 is 0 Å². The summed E-state index contributed by atoms with van der Waals surface area (Å²) in [5, 5.41) is 10.0. The lowest BCUT2D eigenvalue weighted by Gasteiger charge is -2.34. The van der Waals surface area contributed by atoms with Crippen LogP contribution >= 0.6 is 0 Å². The molecule has 0 amide bonds. The third-order valence-electron chi connectivity index (χ3n) is 4.16. The molecule has 0 heterocycles. The van der Waals surface area contributed by atoms with Crippen molar-refractivity contribution in [3.8, 4) is 0 Å². The predicted molar refractivity (Wildman–Crippen MR) is 69.1 cm³/mol. The minimum atomic E-state index is -0.563. The number of ether oxygens (including phenoxy) is 2. The summed E-state index contributed by atoms with van der Waals surface area (Å²) in [4.78, 5) is 0. The molecule has 102 valence electrons. The minimum absolute atomic E-state index is 0.330. The van der Waals surface area contributed by atoms with Crippen LogP contribution in [0.5, 0.6) is 0 Å². The summed E-state index contributed by atoms with van der Waals surface area (Å²) < 4.78 is 11.2. The van der Waals surface area contributed by atoms with E-state index < -0.39 is 11.7 Å². The van der Waals surface area contributed by atoms with E-state index in [1.54, 1.807) is 7.11 Å². The van der Waals surface area contributed by atoms with E-state index in [1.165, 1.54) is 25.7 Å². The molecule has 1 aliphatic carbocycles. The molecule has 0 aromatic carbocycles. The molecule has 3 nitrogen and oxygen atoms in total. The Hall–Kier alpha value is -0.120. The second-order valence-corrected chi connectivity index (χ2v) is 5.65. The second kappa shape index (κ2) is 6.72. The van der Waals surface area contributed by atoms with Crippen molar-refractivity contribution in [3.63, 3.8) is 0 Å². The molecule has 1 saturated carbocycles. The highest BCUT2D eigenvalue weighted by Gasteiger charge is 2.30. The first-order chi connectivity index (χ1) is 8.01. The van der Waals surface area contributed by atoms with Gasteiger partial charge in [-0.15, -0.1) is 0 Å². The quantitative estimate of drug-likeness (QED) is 0.781. The predicted octanol–water partition coefficient (Wildman–Crippen LogP) is 2.76. The van der Waals surface area contributed by atoms with Gasteiger partial charge in [-0.1, -0.05) is 26.2 Å². The minimum Gasteiger partial charge on any atom is -0.388 e. The zero-order valence-electron chi connectivity index (χ0n) is 11.7. The molecule has 0 radical (unpaired) electrons. The maximum absolute atomic E-state index is 10.0. The Balaban J connectivity index is 2.38. The third-order valence-corrected chi connectivity index (χ3v) is 4.16. The Morgan fingerprint density at radius 2 is 1.94 bits per heavy atom. The normalized spacial score (nSPS) is 28.1. The molecule has 0 saturated heterocycles. The fraction of sp³-hybridized carbons (Fsp3) is 1.00. The van der Waals surface area contributed by atoms with Gasteiger partial charge in [-0.3, -0.25) is 0 Å². The fourth-order valence-electron chi connectivity index (χ4n) is 2.41. The van der Waals surface area contributed by atoms with Crippen LogP contribution in [0.15, 0.2) is 0 Å². The van der Waals surface area contributed by atoms with Crippen molar-refractivity contribution >= 4 is 0 Å². The topological polar surface area (TPSA) is 38.7 Å². The van der Waals surface area contributed by atoms with Crippen LogP contribution in [0.1, 0.15) is 52.9 Å². The molecule has 0 bridgehead atoms. The van der Waals surface area contributed by atoms with Crippen molar-refractivity contribution in [3.05, 3.63) is 0 Å². The summed E-state index contributed by atoms with van der Waals surface area (Å²) in [6.07, 6.45) is 5.93. The lowest BCUT2D eigenvalue weighted by atomic mass is 9.84. The summed E-state index contributed by atoms with van der Waals surface area (Å²) in [7, 11) is 1.62. The standard InChI is InChI=1S/C14H28O3/c1-5-11-8-6-7-9-12(11)17-10-13(15)14(2,3)16-4/h11-13,15H,5-10H2,1-4H3. The van der Waals surface area contributed by atoms with E-state index in [-0.39, 0.29) is 0 Å². The van der Waals surface area contributed by atoms with E-state index in [0.717, 1.165) is 6.42 Å². The van der Waals surface area contributed by atoms with Gasteiger partial charge in [0, 0.05) is 7.11 Å². The molecule has 17 heavy (non-hydrogen) atoms. The highest BCUT2D eigenvalue weighted by molar-refractivity contribution is 4.80. The average Bonchev–Trinajstić information content (AvgIpc) is 2.36. The van der Waals surface area contributed by atoms with Crippen molar-refractivity contribution in [2.75, 3.05) is 13.7 Å². The molecule has 1 fully saturated rings. The molecule has 3 atom stereocenters. The number of hydrogen-bond acceptors (Lipinski definition) is 3. The van der Waals surface area contributed by atoms with Gasteiger partial charge in [-0.2, -0.15) is 0 Å². The lowest BCUT2D eigenvalue weighted by molar-refractivity contribution is -0.128. The van der Waals surface area contributed by atoms with Gasteiger partial charge >= 0.3 is 0 Å². The van der Waals surface area contributed by atoms with Crippen LogP contribution in [-0.4, -0.2) is 36.6 Å². The molecular formula is C14H28O3. The molecule has 1 rings (SSSR count). The Kier molecular flexibility index (Phi) is 5.90. The molecule has 0 aromatic rings. The van der Waals surface area contributed by atoms with E-state index in [2.05, 4.69) is 6.92 Å². The molecule has 3 heteroatoms. The summed E-state index contributed by atoms with van der Waals surface area (Å²) in [5.41, 5.74) is -0.531. The van der Waals surface area contributed by atoms with E-state index in [4.69, 9.17) is 9.47 Å². The summed E-state index contributed by atoms with van der Waals surface area (Å²) in [6.45, 7) is 6.38. The van der Waals surface area contributed by atoms with Gasteiger partial charge < -0.3 is 14.6 Å². The van der Waals surface area contributed by atoms with Crippen molar-refractivity contribution < 1.29 is 14.6 Å². The van der Waals surface area contributed by atoms with Crippen LogP contribution < -0.4 is 0 Å². The molecule has 0 aliphatic heterocycles. The third kappa shape index (κ3) is 4.23. The van der Waals surface area contributed by atoms with Crippen LogP contribution in [0.2, 0.25) is 0 Å². The number of aliphatic hydroxyl groups is 1. The number of aliphatic hydroxyl groups excluding tert-OH is 1. The Labute approximate surface area is 105 Å². The molecule has 1 N–H and O–H groups in total. The zero-order chi connectivity index (χ0) is 12.9. The van der Waals surface area contributed by atoms with Gasteiger partial charge in [0.15, 0.2) is 0 Å². The Morgan fingerprint density at radius 1 is 1.29 bits per heavy atom. The van der Waals surface area contributed by atoms with Gasteiger partial charge in [0.1, 0.15) is 6.10 Å². The molecular weight excluding hydrogens is 216 g/mol. The summed E-state index contributed by atoms with van der Waals surface area (Å²) in [6, 6.07) is 0.